The predicted molar refractivity (Wildman–Crippen MR) is 176 cm³/mol. The van der Waals surface area contributed by atoms with Crippen molar-refractivity contribution in [2.24, 2.45) is 0 Å². The molecule has 2 aromatic heterocycles. The number of carboxylic acids is 1. The van der Waals surface area contributed by atoms with E-state index in [2.05, 4.69) is 25.4 Å². The number of carbonyl (C=O) groups is 2. The molecule has 2 heterocycles. The molecule has 0 spiro atoms. The Morgan fingerprint density at radius 2 is 1.41 bits per heavy atom. The van der Waals surface area contributed by atoms with Crippen LogP contribution in [0, 0.1) is 13.8 Å². The van der Waals surface area contributed by atoms with Crippen molar-refractivity contribution < 1.29 is 31.5 Å². The largest absolute Gasteiger partial charge is 0.477 e. The Bertz CT molecular complexity index is 2120. The van der Waals surface area contributed by atoms with Crippen LogP contribution in [0.25, 0.3) is 10.4 Å². The zero-order valence-corrected chi connectivity index (χ0v) is 27.8. The summed E-state index contributed by atoms with van der Waals surface area (Å²) in [6.45, 7) is 3.41. The third-order valence-electron chi connectivity index (χ3n) is 6.48. The second-order valence-corrected chi connectivity index (χ2v) is 16.3. The minimum atomic E-state index is -4.33. The zero-order chi connectivity index (χ0) is 31.8. The number of hydrogen-bond donors (Lipinski definition) is 3. The van der Waals surface area contributed by atoms with Gasteiger partial charge >= 0.3 is 5.97 Å². The maximum Gasteiger partial charge on any atom is 0.348 e. The van der Waals surface area contributed by atoms with Gasteiger partial charge < -0.3 is 5.11 Å². The van der Waals surface area contributed by atoms with E-state index < -0.39 is 42.4 Å². The molecule has 0 saturated carbocycles. The number of rotatable bonds is 10. The molecule has 0 unspecified atom stereocenters. The summed E-state index contributed by atoms with van der Waals surface area (Å²) in [5.74, 6) is -2.23. The lowest BCUT2D eigenvalue weighted by atomic mass is 10.1. The molecule has 0 radical (unpaired) electrons. The van der Waals surface area contributed by atoms with Crippen molar-refractivity contribution in [3.05, 3.63) is 115 Å². The highest BCUT2D eigenvalue weighted by Crippen LogP contribution is 2.44. The number of sulfonamides is 2. The van der Waals surface area contributed by atoms with Gasteiger partial charge in [0.05, 0.1) is 35.4 Å². The smallest absolute Gasteiger partial charge is 0.348 e. The normalized spacial score (nSPS) is 11.7. The maximum absolute atomic E-state index is 14.3. The molecule has 0 amide bonds. The molecule has 0 bridgehead atoms. The Hall–Kier alpha value is -3.82. The average Bonchev–Trinajstić information content (AvgIpc) is 3.53. The third kappa shape index (κ3) is 6.35. The quantitative estimate of drug-likeness (QED) is 0.127. The summed E-state index contributed by atoms with van der Waals surface area (Å²) in [4.78, 5) is 26.4. The van der Waals surface area contributed by atoms with Gasteiger partial charge in [0.15, 0.2) is 0 Å². The van der Waals surface area contributed by atoms with Crippen LogP contribution >= 0.6 is 38.6 Å². The van der Waals surface area contributed by atoms with Gasteiger partial charge in [0.1, 0.15) is 4.88 Å². The molecule has 0 saturated heterocycles. The number of carboxylic acid groups (broad SMARTS) is 1. The van der Waals surface area contributed by atoms with E-state index in [-0.39, 0.29) is 29.7 Å². The number of ketones is 1. The molecule has 0 aliphatic heterocycles. The Morgan fingerprint density at radius 1 is 0.773 bits per heavy atom. The highest BCUT2D eigenvalue weighted by Gasteiger charge is 2.33. The predicted octanol–water partition coefficient (Wildman–Crippen LogP) is 7.39. The highest BCUT2D eigenvalue weighted by atomic mass is 79.9. The number of halogens is 1. The fourth-order valence-electron chi connectivity index (χ4n) is 4.32. The molecular weight excluding hydrogens is 709 g/mol. The molecule has 5 rings (SSSR count). The number of aromatic carboxylic acids is 1. The van der Waals surface area contributed by atoms with Crippen molar-refractivity contribution in [2.75, 3.05) is 9.44 Å². The van der Waals surface area contributed by atoms with Crippen molar-refractivity contribution in [2.45, 2.75) is 23.6 Å². The van der Waals surface area contributed by atoms with Gasteiger partial charge in [-0.1, -0.05) is 66.2 Å². The van der Waals surface area contributed by atoms with Gasteiger partial charge in [-0.3, -0.25) is 14.2 Å². The number of aryl methyl sites for hydroxylation is 2. The average molecular weight is 732 g/mol. The lowest BCUT2D eigenvalue weighted by Crippen LogP contribution is -2.18. The van der Waals surface area contributed by atoms with Crippen LogP contribution < -0.4 is 9.44 Å². The van der Waals surface area contributed by atoms with Crippen molar-refractivity contribution in [1.82, 2.24) is 0 Å². The van der Waals surface area contributed by atoms with Gasteiger partial charge in [-0.15, -0.1) is 22.7 Å². The SMILES string of the molecule is Cc1ccc(S(=O)(=O)Nc2cc(-c3ccccc3)sc2C(=O)c2c(Br)sc(C(=O)O)c2NS(=O)(=O)c2ccccc2C)cc1. The molecule has 0 atom stereocenters. The first kappa shape index (κ1) is 31.6. The molecule has 44 heavy (non-hydrogen) atoms. The van der Waals surface area contributed by atoms with Crippen LogP contribution in [0.5, 0.6) is 0 Å². The van der Waals surface area contributed by atoms with Gasteiger partial charge in [-0.05, 0) is 65.2 Å². The Balaban J connectivity index is 1.66. The van der Waals surface area contributed by atoms with E-state index in [0.717, 1.165) is 16.9 Å². The lowest BCUT2D eigenvalue weighted by molar-refractivity contribution is 0.0703. The van der Waals surface area contributed by atoms with Gasteiger partial charge in [0.25, 0.3) is 20.0 Å². The standard InChI is InChI=1S/C30H23BrN2O7S4/c1-17-12-14-20(15-13-17)43(37,38)32-21-16-22(19-9-4-3-5-10-19)41-27(21)26(34)24-25(28(30(35)36)42-29(24)31)33-44(39,40)23-11-7-6-8-18(23)2/h3-16,32-33H,1-2H3,(H,35,36). The highest BCUT2D eigenvalue weighted by molar-refractivity contribution is 9.11. The summed E-state index contributed by atoms with van der Waals surface area (Å²) in [5, 5.41) is 9.94. The lowest BCUT2D eigenvalue weighted by Gasteiger charge is -2.13. The Labute approximate surface area is 270 Å². The van der Waals surface area contributed by atoms with E-state index >= 15 is 0 Å². The van der Waals surface area contributed by atoms with E-state index in [0.29, 0.717) is 27.3 Å². The van der Waals surface area contributed by atoms with Crippen LogP contribution in [0.3, 0.4) is 0 Å². The van der Waals surface area contributed by atoms with Crippen molar-refractivity contribution >= 4 is 81.8 Å². The topological polar surface area (TPSA) is 147 Å². The molecular formula is C30H23BrN2O7S4. The number of benzene rings is 3. The van der Waals surface area contributed by atoms with Crippen molar-refractivity contribution in [3.8, 4) is 10.4 Å². The summed E-state index contributed by atoms with van der Waals surface area (Å²) in [5.41, 5.74) is 1.26. The fourth-order valence-corrected chi connectivity index (χ4v) is 9.59. The van der Waals surface area contributed by atoms with Crippen LogP contribution in [0.15, 0.2) is 98.5 Å². The minimum absolute atomic E-state index is 0.0227. The molecule has 0 aliphatic carbocycles. The zero-order valence-electron chi connectivity index (χ0n) is 23.0. The molecule has 9 nitrogen and oxygen atoms in total. The number of thiophene rings is 2. The molecule has 226 valence electrons. The number of carbonyl (C=O) groups excluding carboxylic acids is 1. The monoisotopic (exact) mass is 730 g/mol. The first-order valence-corrected chi connectivity index (χ1v) is 18.1. The second kappa shape index (κ2) is 12.3. The van der Waals surface area contributed by atoms with Crippen LogP contribution in [-0.4, -0.2) is 33.7 Å². The summed E-state index contributed by atoms with van der Waals surface area (Å²) in [7, 11) is -8.47. The van der Waals surface area contributed by atoms with Crippen LogP contribution in [0.1, 0.15) is 36.0 Å². The molecule has 0 fully saturated rings. The van der Waals surface area contributed by atoms with E-state index in [1.54, 1.807) is 55.5 Å². The first-order chi connectivity index (χ1) is 20.8. The second-order valence-electron chi connectivity index (χ2n) is 9.60. The van der Waals surface area contributed by atoms with E-state index in [1.807, 2.05) is 13.0 Å². The Kier molecular flexibility index (Phi) is 8.82. The number of anilines is 2. The van der Waals surface area contributed by atoms with Gasteiger partial charge in [-0.25, -0.2) is 21.6 Å². The summed E-state index contributed by atoms with van der Waals surface area (Å²) in [6, 6.07) is 22.8. The third-order valence-corrected chi connectivity index (χ3v) is 12.4. The summed E-state index contributed by atoms with van der Waals surface area (Å²) >= 11 is 4.92. The van der Waals surface area contributed by atoms with Crippen molar-refractivity contribution in [1.29, 1.82) is 0 Å². The summed E-state index contributed by atoms with van der Waals surface area (Å²) < 4.78 is 58.5. The molecule has 5 aromatic rings. The van der Waals surface area contributed by atoms with Gasteiger partial charge in [0.2, 0.25) is 5.78 Å². The van der Waals surface area contributed by atoms with Crippen LogP contribution in [0.2, 0.25) is 0 Å². The van der Waals surface area contributed by atoms with Crippen molar-refractivity contribution in [3.63, 3.8) is 0 Å². The van der Waals surface area contributed by atoms with Gasteiger partial charge in [0, 0.05) is 4.88 Å². The fraction of sp³-hybridized carbons (Fsp3) is 0.0667. The Morgan fingerprint density at radius 3 is 2.05 bits per heavy atom. The molecule has 3 N–H and O–H groups in total. The minimum Gasteiger partial charge on any atom is -0.477 e. The van der Waals surface area contributed by atoms with E-state index in [4.69, 9.17) is 0 Å². The van der Waals surface area contributed by atoms with Gasteiger partial charge in [-0.2, -0.15) is 0 Å². The molecule has 0 aliphatic rings. The first-order valence-electron chi connectivity index (χ1n) is 12.8. The summed E-state index contributed by atoms with van der Waals surface area (Å²) in [6.07, 6.45) is 0. The molecule has 14 heteroatoms. The van der Waals surface area contributed by atoms with E-state index in [1.165, 1.54) is 30.3 Å². The van der Waals surface area contributed by atoms with Crippen LogP contribution in [-0.2, 0) is 20.0 Å². The number of hydrogen-bond acceptors (Lipinski definition) is 8. The maximum atomic E-state index is 14.3. The van der Waals surface area contributed by atoms with Crippen LogP contribution in [0.4, 0.5) is 11.4 Å². The number of nitrogens with one attached hydrogen (secondary N) is 2. The molecule has 3 aromatic carbocycles. The van der Waals surface area contributed by atoms with E-state index in [9.17, 15) is 31.5 Å².